The molecule has 104 valence electrons. The fourth-order valence-corrected chi connectivity index (χ4v) is 3.27. The van der Waals surface area contributed by atoms with Gasteiger partial charge in [0, 0.05) is 18.8 Å². The van der Waals surface area contributed by atoms with Gasteiger partial charge in [-0.25, -0.2) is 4.98 Å². The second-order valence-corrected chi connectivity index (χ2v) is 6.02. The van der Waals surface area contributed by atoms with E-state index in [1.54, 1.807) is 18.6 Å². The van der Waals surface area contributed by atoms with E-state index < -0.39 is 0 Å². The molecule has 1 aliphatic rings. The van der Waals surface area contributed by atoms with Crippen molar-refractivity contribution in [3.63, 3.8) is 0 Å². The Balaban J connectivity index is 2.02. The number of rotatable bonds is 5. The zero-order valence-corrected chi connectivity index (χ0v) is 12.0. The van der Waals surface area contributed by atoms with Crippen LogP contribution in [0.15, 0.2) is 18.6 Å². The quantitative estimate of drug-likeness (QED) is 0.754. The Morgan fingerprint density at radius 1 is 1.26 bits per heavy atom. The largest absolute Gasteiger partial charge is 0.292 e. The van der Waals surface area contributed by atoms with E-state index in [4.69, 9.17) is 0 Å². The summed E-state index contributed by atoms with van der Waals surface area (Å²) in [6, 6.07) is 0. The second-order valence-electron chi connectivity index (χ2n) is 6.02. The van der Waals surface area contributed by atoms with Gasteiger partial charge in [0.2, 0.25) is 0 Å². The molecule has 0 N–H and O–H groups in total. The molecule has 1 aliphatic carbocycles. The Morgan fingerprint density at radius 2 is 2.00 bits per heavy atom. The minimum absolute atomic E-state index is 0.150. The van der Waals surface area contributed by atoms with E-state index in [1.807, 2.05) is 0 Å². The summed E-state index contributed by atoms with van der Waals surface area (Å²) in [6.45, 7) is 4.48. The van der Waals surface area contributed by atoms with Crippen molar-refractivity contribution in [1.82, 2.24) is 9.97 Å². The summed E-state index contributed by atoms with van der Waals surface area (Å²) < 4.78 is 0. The van der Waals surface area contributed by atoms with Gasteiger partial charge in [-0.3, -0.25) is 9.78 Å². The third-order valence-corrected chi connectivity index (χ3v) is 4.38. The van der Waals surface area contributed by atoms with E-state index in [2.05, 4.69) is 23.8 Å². The lowest BCUT2D eigenvalue weighted by Gasteiger charge is -2.32. The first-order chi connectivity index (χ1) is 9.18. The third kappa shape index (κ3) is 3.85. The van der Waals surface area contributed by atoms with Crippen molar-refractivity contribution in [2.45, 2.75) is 52.4 Å². The summed E-state index contributed by atoms with van der Waals surface area (Å²) >= 11 is 0. The first kappa shape index (κ1) is 14.2. The lowest BCUT2D eigenvalue weighted by Crippen LogP contribution is -2.25. The lowest BCUT2D eigenvalue weighted by atomic mass is 9.73. The maximum absolute atomic E-state index is 12.3. The van der Waals surface area contributed by atoms with E-state index in [0.29, 0.717) is 24.0 Å². The van der Waals surface area contributed by atoms with E-state index >= 15 is 0 Å². The molecule has 2 rings (SSSR count). The highest BCUT2D eigenvalue weighted by Crippen LogP contribution is 2.36. The average molecular weight is 260 g/mol. The van der Waals surface area contributed by atoms with Crippen LogP contribution >= 0.6 is 0 Å². The molecule has 1 fully saturated rings. The molecule has 1 saturated carbocycles. The fourth-order valence-electron chi connectivity index (χ4n) is 3.27. The molecule has 19 heavy (non-hydrogen) atoms. The first-order valence-corrected chi connectivity index (χ1v) is 7.47. The second kappa shape index (κ2) is 6.78. The van der Waals surface area contributed by atoms with Crippen molar-refractivity contribution in [3.05, 3.63) is 24.3 Å². The SMILES string of the molecule is CC(C)C(CC(=O)c1cnccn1)C1CCCCC1. The highest BCUT2D eigenvalue weighted by molar-refractivity contribution is 5.94. The smallest absolute Gasteiger partial charge is 0.183 e. The minimum atomic E-state index is 0.150. The molecular formula is C16H24N2O. The highest BCUT2D eigenvalue weighted by Gasteiger charge is 2.28. The summed E-state index contributed by atoms with van der Waals surface area (Å²) in [5.74, 6) is 1.92. The fraction of sp³-hybridized carbons (Fsp3) is 0.688. The van der Waals surface area contributed by atoms with Crippen LogP contribution in [0.4, 0.5) is 0 Å². The maximum Gasteiger partial charge on any atom is 0.183 e. The molecule has 3 nitrogen and oxygen atoms in total. The number of aromatic nitrogens is 2. The predicted octanol–water partition coefficient (Wildman–Crippen LogP) is 3.90. The molecule has 1 aromatic rings. The van der Waals surface area contributed by atoms with Crippen LogP contribution in [-0.4, -0.2) is 15.8 Å². The highest BCUT2D eigenvalue weighted by atomic mass is 16.1. The van der Waals surface area contributed by atoms with Gasteiger partial charge in [0.25, 0.3) is 0 Å². The van der Waals surface area contributed by atoms with Crippen LogP contribution in [0.3, 0.4) is 0 Å². The van der Waals surface area contributed by atoms with Gasteiger partial charge in [0.05, 0.1) is 6.20 Å². The van der Waals surface area contributed by atoms with Gasteiger partial charge >= 0.3 is 0 Å². The molecule has 3 heteroatoms. The number of Topliss-reactive ketones (excluding diaryl/α,β-unsaturated/α-hetero) is 1. The topological polar surface area (TPSA) is 42.9 Å². The molecule has 1 unspecified atom stereocenters. The van der Waals surface area contributed by atoms with Gasteiger partial charge in [-0.1, -0.05) is 46.0 Å². The number of nitrogens with zero attached hydrogens (tertiary/aromatic N) is 2. The summed E-state index contributed by atoms with van der Waals surface area (Å²) in [5, 5.41) is 0. The van der Waals surface area contributed by atoms with Gasteiger partial charge in [0.15, 0.2) is 5.78 Å². The summed E-state index contributed by atoms with van der Waals surface area (Å²) in [4.78, 5) is 20.4. The molecule has 0 saturated heterocycles. The average Bonchev–Trinajstić information content (AvgIpc) is 2.46. The normalized spacial score (nSPS) is 18.5. The van der Waals surface area contributed by atoms with Crippen molar-refractivity contribution in [2.24, 2.45) is 17.8 Å². The molecule has 0 aliphatic heterocycles. The number of carbonyl (C=O) groups excluding carboxylic acids is 1. The number of ketones is 1. The first-order valence-electron chi connectivity index (χ1n) is 7.47. The molecule has 0 aromatic carbocycles. The summed E-state index contributed by atoms with van der Waals surface area (Å²) in [6.07, 6.45) is 12.0. The van der Waals surface area contributed by atoms with Crippen LogP contribution in [0.2, 0.25) is 0 Å². The standard InChI is InChI=1S/C16H24N2O/c1-12(2)14(13-6-4-3-5-7-13)10-16(19)15-11-17-8-9-18-15/h8-9,11-14H,3-7,10H2,1-2H3. The van der Waals surface area contributed by atoms with Gasteiger partial charge in [-0.2, -0.15) is 0 Å². The minimum Gasteiger partial charge on any atom is -0.292 e. The predicted molar refractivity (Wildman–Crippen MR) is 75.9 cm³/mol. The van der Waals surface area contributed by atoms with Crippen LogP contribution in [0.5, 0.6) is 0 Å². The maximum atomic E-state index is 12.3. The molecule has 1 heterocycles. The van der Waals surface area contributed by atoms with E-state index in [9.17, 15) is 4.79 Å². The van der Waals surface area contributed by atoms with Gasteiger partial charge in [0.1, 0.15) is 5.69 Å². The zero-order valence-electron chi connectivity index (χ0n) is 12.0. The Hall–Kier alpha value is -1.25. The van der Waals surface area contributed by atoms with Crippen molar-refractivity contribution in [3.8, 4) is 0 Å². The van der Waals surface area contributed by atoms with Crippen molar-refractivity contribution < 1.29 is 4.79 Å². The Labute approximate surface area is 115 Å². The Morgan fingerprint density at radius 3 is 2.58 bits per heavy atom. The van der Waals surface area contributed by atoms with E-state index in [1.165, 1.54) is 32.1 Å². The van der Waals surface area contributed by atoms with E-state index in [-0.39, 0.29) is 5.78 Å². The molecule has 0 amide bonds. The third-order valence-electron chi connectivity index (χ3n) is 4.38. The van der Waals surface area contributed by atoms with Gasteiger partial charge in [-0.15, -0.1) is 0 Å². The zero-order chi connectivity index (χ0) is 13.7. The van der Waals surface area contributed by atoms with Crippen molar-refractivity contribution in [1.29, 1.82) is 0 Å². The molecular weight excluding hydrogens is 236 g/mol. The van der Waals surface area contributed by atoms with Crippen molar-refractivity contribution >= 4 is 5.78 Å². The Kier molecular flexibility index (Phi) is 5.06. The number of hydrogen-bond donors (Lipinski definition) is 0. The molecule has 1 aromatic heterocycles. The molecule has 0 bridgehead atoms. The van der Waals surface area contributed by atoms with Crippen molar-refractivity contribution in [2.75, 3.05) is 0 Å². The molecule has 1 atom stereocenters. The number of hydrogen-bond acceptors (Lipinski definition) is 3. The lowest BCUT2D eigenvalue weighted by molar-refractivity contribution is 0.0892. The molecule has 0 spiro atoms. The number of carbonyl (C=O) groups is 1. The summed E-state index contributed by atoms with van der Waals surface area (Å²) in [5.41, 5.74) is 0.518. The van der Waals surface area contributed by atoms with Crippen LogP contribution in [-0.2, 0) is 0 Å². The van der Waals surface area contributed by atoms with Gasteiger partial charge < -0.3 is 0 Å². The van der Waals surface area contributed by atoms with Crippen LogP contribution in [0.1, 0.15) is 62.9 Å². The molecule has 0 radical (unpaired) electrons. The van der Waals surface area contributed by atoms with Crippen LogP contribution in [0, 0.1) is 17.8 Å². The van der Waals surface area contributed by atoms with Crippen LogP contribution in [0.25, 0.3) is 0 Å². The van der Waals surface area contributed by atoms with Crippen LogP contribution < -0.4 is 0 Å². The van der Waals surface area contributed by atoms with Gasteiger partial charge in [-0.05, 0) is 17.8 Å². The summed E-state index contributed by atoms with van der Waals surface area (Å²) in [7, 11) is 0. The van der Waals surface area contributed by atoms with E-state index in [0.717, 1.165) is 5.92 Å². The monoisotopic (exact) mass is 260 g/mol. The Bertz CT molecular complexity index is 396.